The van der Waals surface area contributed by atoms with E-state index in [1.54, 1.807) is 0 Å². The summed E-state index contributed by atoms with van der Waals surface area (Å²) in [5, 5.41) is 8.90. The van der Waals surface area contributed by atoms with Crippen molar-refractivity contribution in [3.63, 3.8) is 0 Å². The van der Waals surface area contributed by atoms with E-state index < -0.39 is 51.1 Å². The molecule has 0 aliphatic heterocycles. The number of rotatable bonds is 42. The molecule has 0 heterocycles. The lowest BCUT2D eigenvalue weighted by molar-refractivity contribution is -0.161. The fraction of sp³-hybridized carbons (Fsp3) is 0.723. The molecule has 0 aromatic rings. The van der Waals surface area contributed by atoms with Gasteiger partial charge < -0.3 is 25.2 Å². The molecule has 12 heteroatoms. The summed E-state index contributed by atoms with van der Waals surface area (Å²) in [5.74, 6) is -2.43. The van der Waals surface area contributed by atoms with E-state index >= 15 is 0 Å². The molecule has 1 unspecified atom stereocenters. The Morgan fingerprint density at radius 1 is 0.525 bits per heavy atom. The lowest BCUT2D eigenvalue weighted by Gasteiger charge is -2.20. The number of carboxylic acids is 1. The molecule has 4 N–H and O–H groups in total. The summed E-state index contributed by atoms with van der Waals surface area (Å²) >= 11 is 0. The molecule has 340 valence electrons. The lowest BCUT2D eigenvalue weighted by Crippen LogP contribution is -2.34. The third kappa shape index (κ3) is 41.7. The number of hydrogen-bond donors (Lipinski definition) is 3. The van der Waals surface area contributed by atoms with E-state index in [1.165, 1.54) is 70.6 Å². The molecule has 0 saturated carbocycles. The van der Waals surface area contributed by atoms with Gasteiger partial charge in [-0.3, -0.25) is 23.4 Å². The van der Waals surface area contributed by atoms with Crippen LogP contribution in [0.4, 0.5) is 0 Å². The Labute approximate surface area is 357 Å². The SMILES string of the molecule is CCCCC/C=C\C/C=C\C/C=C\C/C=C\CCCCCC(=O)O[C@H](COC(=O)CCCCCCC/C=C\CCCCCCCCC)COP(=O)(O)OC[C@H](N)C(=O)O. The molecule has 0 amide bonds. The summed E-state index contributed by atoms with van der Waals surface area (Å²) in [7, 11) is -4.73. The van der Waals surface area contributed by atoms with Crippen LogP contribution in [0.25, 0.3) is 0 Å². The zero-order valence-corrected chi connectivity index (χ0v) is 37.7. The van der Waals surface area contributed by atoms with Gasteiger partial charge in [-0.05, 0) is 83.5 Å². The van der Waals surface area contributed by atoms with Crippen molar-refractivity contribution in [2.24, 2.45) is 5.73 Å². The Kier molecular flexibility index (Phi) is 39.9. The fourth-order valence-electron chi connectivity index (χ4n) is 5.87. The Balaban J connectivity index is 4.43. The van der Waals surface area contributed by atoms with Crippen LogP contribution < -0.4 is 5.73 Å². The second-order valence-corrected chi connectivity index (χ2v) is 16.6. The summed E-state index contributed by atoms with van der Waals surface area (Å²) < 4.78 is 32.7. The quantitative estimate of drug-likeness (QED) is 0.0231. The van der Waals surface area contributed by atoms with E-state index in [1.807, 2.05) is 0 Å². The molecule has 11 nitrogen and oxygen atoms in total. The van der Waals surface area contributed by atoms with Gasteiger partial charge in [-0.25, -0.2) is 4.57 Å². The van der Waals surface area contributed by atoms with Gasteiger partial charge in [0.25, 0.3) is 0 Å². The third-order valence-corrected chi connectivity index (χ3v) is 10.4. The number of carbonyl (C=O) groups excluding carboxylic acids is 2. The van der Waals surface area contributed by atoms with Crippen LogP contribution >= 0.6 is 7.82 Å². The van der Waals surface area contributed by atoms with Gasteiger partial charge in [0.05, 0.1) is 13.2 Å². The van der Waals surface area contributed by atoms with E-state index in [2.05, 4.69) is 79.1 Å². The number of esters is 2. The lowest BCUT2D eigenvalue weighted by atomic mass is 10.1. The van der Waals surface area contributed by atoms with Gasteiger partial charge in [-0.1, -0.05) is 152 Å². The first-order chi connectivity index (χ1) is 28.6. The second-order valence-electron chi connectivity index (χ2n) is 15.2. The highest BCUT2D eigenvalue weighted by Gasteiger charge is 2.28. The molecule has 0 rings (SSSR count). The van der Waals surface area contributed by atoms with Crippen molar-refractivity contribution in [2.45, 2.75) is 199 Å². The molecule has 0 aromatic carbocycles. The second kappa shape index (κ2) is 41.9. The normalized spacial score (nSPS) is 14.2. The van der Waals surface area contributed by atoms with Crippen molar-refractivity contribution in [1.82, 2.24) is 0 Å². The average Bonchev–Trinajstić information content (AvgIpc) is 3.21. The highest BCUT2D eigenvalue weighted by molar-refractivity contribution is 7.47. The maximum absolute atomic E-state index is 12.6. The Morgan fingerprint density at radius 3 is 1.41 bits per heavy atom. The summed E-state index contributed by atoms with van der Waals surface area (Å²) in [5.41, 5.74) is 5.33. The number of unbranched alkanes of at least 4 members (excludes halogenated alkanes) is 18. The van der Waals surface area contributed by atoms with Crippen LogP contribution in [0.5, 0.6) is 0 Å². The van der Waals surface area contributed by atoms with Crippen LogP contribution in [0.2, 0.25) is 0 Å². The Bertz CT molecular complexity index is 1230. The molecule has 0 bridgehead atoms. The minimum Gasteiger partial charge on any atom is -0.480 e. The van der Waals surface area contributed by atoms with Crippen LogP contribution in [0.3, 0.4) is 0 Å². The van der Waals surface area contributed by atoms with Crippen molar-refractivity contribution in [3.05, 3.63) is 60.8 Å². The van der Waals surface area contributed by atoms with E-state index in [0.717, 1.165) is 77.0 Å². The van der Waals surface area contributed by atoms with Crippen molar-refractivity contribution in [3.8, 4) is 0 Å². The molecular formula is C47H82NO10P. The van der Waals surface area contributed by atoms with E-state index in [0.29, 0.717) is 12.8 Å². The molecule has 0 radical (unpaired) electrons. The molecule has 0 spiro atoms. The minimum absolute atomic E-state index is 0.120. The van der Waals surface area contributed by atoms with Gasteiger partial charge in [-0.15, -0.1) is 0 Å². The first-order valence-electron chi connectivity index (χ1n) is 22.8. The van der Waals surface area contributed by atoms with Gasteiger partial charge in [0.15, 0.2) is 6.10 Å². The van der Waals surface area contributed by atoms with Gasteiger partial charge in [0, 0.05) is 12.8 Å². The smallest absolute Gasteiger partial charge is 0.472 e. The number of nitrogens with two attached hydrogens (primary N) is 1. The molecule has 0 fully saturated rings. The van der Waals surface area contributed by atoms with Crippen LogP contribution in [-0.4, -0.2) is 59.9 Å². The van der Waals surface area contributed by atoms with Gasteiger partial charge >= 0.3 is 25.7 Å². The minimum atomic E-state index is -4.73. The zero-order chi connectivity index (χ0) is 43.5. The first-order valence-corrected chi connectivity index (χ1v) is 24.3. The molecule has 3 atom stereocenters. The van der Waals surface area contributed by atoms with Crippen molar-refractivity contribution < 1.29 is 47.5 Å². The average molecular weight is 852 g/mol. The number of ether oxygens (including phenoxy) is 2. The van der Waals surface area contributed by atoms with Crippen molar-refractivity contribution in [2.75, 3.05) is 19.8 Å². The van der Waals surface area contributed by atoms with Crippen molar-refractivity contribution in [1.29, 1.82) is 0 Å². The molecule has 0 saturated heterocycles. The maximum atomic E-state index is 12.6. The fourth-order valence-corrected chi connectivity index (χ4v) is 6.64. The van der Waals surface area contributed by atoms with E-state index in [-0.39, 0.29) is 19.4 Å². The maximum Gasteiger partial charge on any atom is 0.472 e. The summed E-state index contributed by atoms with van der Waals surface area (Å²) in [6, 6.07) is -1.53. The van der Waals surface area contributed by atoms with Crippen LogP contribution in [0.15, 0.2) is 60.8 Å². The number of carboxylic acid groups (broad SMARTS) is 1. The van der Waals surface area contributed by atoms with Crippen LogP contribution in [0, 0.1) is 0 Å². The largest absolute Gasteiger partial charge is 0.480 e. The predicted octanol–water partition coefficient (Wildman–Crippen LogP) is 12.3. The monoisotopic (exact) mass is 852 g/mol. The number of aliphatic carboxylic acids is 1. The first kappa shape index (κ1) is 56.2. The van der Waals surface area contributed by atoms with Crippen molar-refractivity contribution >= 4 is 25.7 Å². The molecule has 0 aromatic heterocycles. The van der Waals surface area contributed by atoms with Gasteiger partial charge in [0.1, 0.15) is 12.6 Å². The molecule has 0 aliphatic rings. The predicted molar refractivity (Wildman–Crippen MR) is 240 cm³/mol. The summed E-state index contributed by atoms with van der Waals surface area (Å²) in [4.78, 5) is 46.0. The highest BCUT2D eigenvalue weighted by atomic mass is 31.2. The van der Waals surface area contributed by atoms with Gasteiger partial charge in [-0.2, -0.15) is 0 Å². The van der Waals surface area contributed by atoms with Crippen LogP contribution in [0.1, 0.15) is 187 Å². The topological polar surface area (TPSA) is 172 Å². The van der Waals surface area contributed by atoms with E-state index in [9.17, 15) is 23.8 Å². The number of allylic oxidation sites excluding steroid dienone is 10. The number of phosphoric acid groups is 1. The Morgan fingerprint density at radius 2 is 0.898 bits per heavy atom. The summed E-state index contributed by atoms with van der Waals surface area (Å²) in [6.07, 6.45) is 48.5. The molecular weight excluding hydrogens is 769 g/mol. The number of carbonyl (C=O) groups is 3. The highest BCUT2D eigenvalue weighted by Crippen LogP contribution is 2.43. The number of hydrogen-bond acceptors (Lipinski definition) is 9. The summed E-state index contributed by atoms with van der Waals surface area (Å²) in [6.45, 7) is 2.73. The van der Waals surface area contributed by atoms with Crippen LogP contribution in [-0.2, 0) is 37.5 Å². The number of phosphoric ester groups is 1. The Hall–Kier alpha value is -2.82. The third-order valence-electron chi connectivity index (χ3n) is 9.49. The van der Waals surface area contributed by atoms with Gasteiger partial charge in [0.2, 0.25) is 0 Å². The van der Waals surface area contributed by atoms with E-state index in [4.69, 9.17) is 24.8 Å². The standard InChI is InChI=1S/C47H82NO10P/c1-3-5-7-9-11-13-15-17-19-21-22-23-25-27-29-31-33-35-37-39-46(50)58-43(41-56-59(53,54)57-42-44(48)47(51)52)40-55-45(49)38-36-34-32-30-28-26-24-20-18-16-14-12-10-8-6-4-2/h11,13,17,19-20,22-24,27,29,43-44H,3-10,12,14-16,18,21,25-26,28,30-42,48H2,1-2H3,(H,51,52)(H,53,54)/b13-11-,19-17-,23-22-,24-20-,29-27-/t43-,44+/m1/s1. The molecule has 0 aliphatic carbocycles. The zero-order valence-electron chi connectivity index (χ0n) is 36.8. The molecule has 59 heavy (non-hydrogen) atoms.